The second kappa shape index (κ2) is 11.8. The van der Waals surface area contributed by atoms with Gasteiger partial charge in [-0.05, 0) is 81.4 Å². The molecule has 2 nitrogen and oxygen atoms in total. The van der Waals surface area contributed by atoms with E-state index in [2.05, 4.69) is 206 Å². The molecule has 0 aliphatic carbocycles. The first kappa shape index (κ1) is 30.0. The summed E-state index contributed by atoms with van der Waals surface area (Å²) in [5.74, 6) is 0. The lowest BCUT2D eigenvalue weighted by Gasteiger charge is -2.30. The van der Waals surface area contributed by atoms with Crippen molar-refractivity contribution >= 4 is 60.4 Å². The Balaban J connectivity index is 1.27. The minimum Gasteiger partial charge on any atom is -0.309 e. The van der Waals surface area contributed by atoms with Crippen molar-refractivity contribution in [3.05, 3.63) is 181 Å². The molecule has 0 radical (unpaired) electrons. The van der Waals surface area contributed by atoms with Crippen LogP contribution >= 0.6 is 0 Å². The molecule has 0 fully saturated rings. The first-order chi connectivity index (χ1) is 24.5. The summed E-state index contributed by atoms with van der Waals surface area (Å²) in [6.45, 7) is 6.82. The molecule has 9 rings (SSSR count). The van der Waals surface area contributed by atoms with Crippen LogP contribution in [0.2, 0.25) is 0 Å². The number of fused-ring (bicyclic) bond motifs is 5. The van der Waals surface area contributed by atoms with E-state index in [-0.39, 0.29) is 5.41 Å². The largest absolute Gasteiger partial charge is 0.309 e. The Bertz CT molecular complexity index is 2550. The van der Waals surface area contributed by atoms with Crippen LogP contribution in [0, 0.1) is 0 Å². The van der Waals surface area contributed by atoms with E-state index in [9.17, 15) is 0 Å². The van der Waals surface area contributed by atoms with E-state index in [4.69, 9.17) is 0 Å². The number of nitrogens with zero attached hydrogens (tertiary/aromatic N) is 2. The summed E-state index contributed by atoms with van der Waals surface area (Å²) < 4.78 is 2.38. The lowest BCUT2D eigenvalue weighted by Crippen LogP contribution is -2.12. The van der Waals surface area contributed by atoms with Crippen LogP contribution in [0.25, 0.3) is 60.2 Å². The van der Waals surface area contributed by atoms with E-state index < -0.39 is 0 Å². The number of rotatable bonds is 5. The molecule has 0 saturated heterocycles. The van der Waals surface area contributed by atoms with Gasteiger partial charge in [-0.3, -0.25) is 0 Å². The van der Waals surface area contributed by atoms with Gasteiger partial charge in [0, 0.05) is 38.6 Å². The molecule has 9 aromatic rings. The van der Waals surface area contributed by atoms with E-state index in [0.29, 0.717) is 0 Å². The first-order valence-corrected chi connectivity index (χ1v) is 17.5. The molecule has 0 atom stereocenters. The molecule has 0 aliphatic heterocycles. The lowest BCUT2D eigenvalue weighted by molar-refractivity contribution is 0.590. The quantitative estimate of drug-likeness (QED) is 0.170. The van der Waals surface area contributed by atoms with Crippen molar-refractivity contribution in [3.8, 4) is 16.8 Å². The van der Waals surface area contributed by atoms with Gasteiger partial charge in [-0.1, -0.05) is 148 Å². The molecule has 0 bridgehead atoms. The van der Waals surface area contributed by atoms with Gasteiger partial charge in [0.15, 0.2) is 0 Å². The number of benzene rings is 8. The number of para-hydroxylation sites is 3. The Kier molecular flexibility index (Phi) is 7.07. The Hall–Kier alpha value is -6.12. The van der Waals surface area contributed by atoms with Crippen molar-refractivity contribution in [2.75, 3.05) is 4.90 Å². The predicted octanol–water partition coefficient (Wildman–Crippen LogP) is 13.5. The fourth-order valence-corrected chi connectivity index (χ4v) is 7.73. The lowest BCUT2D eigenvalue weighted by atomic mass is 9.85. The summed E-state index contributed by atoms with van der Waals surface area (Å²) in [5.41, 5.74) is 10.9. The number of hydrogen-bond donors (Lipinski definition) is 0. The minimum atomic E-state index is 0.0970. The molecule has 50 heavy (non-hydrogen) atoms. The molecule has 0 aliphatic rings. The summed E-state index contributed by atoms with van der Waals surface area (Å²) in [6, 6.07) is 64.2. The highest BCUT2D eigenvalue weighted by Gasteiger charge is 2.23. The van der Waals surface area contributed by atoms with Crippen molar-refractivity contribution in [1.82, 2.24) is 4.57 Å². The van der Waals surface area contributed by atoms with E-state index in [0.717, 1.165) is 17.1 Å². The normalized spacial score (nSPS) is 11.9. The fraction of sp³-hybridized carbons (Fsp3) is 0.0833. The van der Waals surface area contributed by atoms with Crippen LogP contribution in [-0.4, -0.2) is 4.57 Å². The van der Waals surface area contributed by atoms with Crippen LogP contribution in [0.5, 0.6) is 0 Å². The average molecular weight is 643 g/mol. The molecule has 1 aromatic heterocycles. The van der Waals surface area contributed by atoms with Gasteiger partial charge in [-0.25, -0.2) is 0 Å². The molecule has 2 heteroatoms. The van der Waals surface area contributed by atoms with Crippen LogP contribution in [0.1, 0.15) is 26.3 Å². The Morgan fingerprint density at radius 2 is 0.840 bits per heavy atom. The van der Waals surface area contributed by atoms with E-state index in [1.165, 1.54) is 65.7 Å². The van der Waals surface area contributed by atoms with Crippen LogP contribution < -0.4 is 4.90 Å². The van der Waals surface area contributed by atoms with Gasteiger partial charge in [-0.2, -0.15) is 0 Å². The highest BCUT2D eigenvalue weighted by atomic mass is 15.1. The smallest absolute Gasteiger partial charge is 0.0618 e. The SMILES string of the molecule is CC(C)(C)c1ccc(-c2c3ccccc3c(N(c3ccccc3)c3ccc(-n4c5ccccc5c5ccccc54)cc3)c3ccccc23)cc1. The summed E-state index contributed by atoms with van der Waals surface area (Å²) >= 11 is 0. The Morgan fingerprint density at radius 1 is 0.400 bits per heavy atom. The molecule has 0 saturated carbocycles. The molecule has 0 N–H and O–H groups in total. The minimum absolute atomic E-state index is 0.0970. The molecule has 8 aromatic carbocycles. The van der Waals surface area contributed by atoms with Crippen LogP contribution in [0.15, 0.2) is 176 Å². The van der Waals surface area contributed by atoms with Crippen molar-refractivity contribution in [2.24, 2.45) is 0 Å². The second-order valence-corrected chi connectivity index (χ2v) is 14.2. The van der Waals surface area contributed by atoms with E-state index in [1.807, 2.05) is 0 Å². The molecule has 0 amide bonds. The highest BCUT2D eigenvalue weighted by molar-refractivity contribution is 6.22. The average Bonchev–Trinajstić information content (AvgIpc) is 3.49. The monoisotopic (exact) mass is 642 g/mol. The highest BCUT2D eigenvalue weighted by Crippen LogP contribution is 2.48. The van der Waals surface area contributed by atoms with Gasteiger partial charge in [0.2, 0.25) is 0 Å². The second-order valence-electron chi connectivity index (χ2n) is 14.2. The maximum Gasteiger partial charge on any atom is 0.0618 e. The van der Waals surface area contributed by atoms with Crippen LogP contribution in [-0.2, 0) is 5.41 Å². The van der Waals surface area contributed by atoms with Crippen molar-refractivity contribution in [2.45, 2.75) is 26.2 Å². The molecule has 1 heterocycles. The molecule has 240 valence electrons. The number of hydrogen-bond acceptors (Lipinski definition) is 1. The van der Waals surface area contributed by atoms with Gasteiger partial charge in [-0.15, -0.1) is 0 Å². The van der Waals surface area contributed by atoms with Crippen LogP contribution in [0.4, 0.5) is 17.1 Å². The first-order valence-electron chi connectivity index (χ1n) is 17.5. The number of aromatic nitrogens is 1. The third kappa shape index (κ3) is 4.87. The standard InChI is InChI=1S/C48H38N2/c1-48(2,3)34-27-25-33(26-28-34)46-40-19-7-9-21-42(40)47(43-22-10-8-20-41(43)46)49(35-15-5-4-6-16-35)36-29-31-37(32-30-36)50-44-23-13-11-17-38(44)39-18-12-14-24-45(39)50/h4-32H,1-3H3. The third-order valence-corrected chi connectivity index (χ3v) is 10.1. The summed E-state index contributed by atoms with van der Waals surface area (Å²) in [7, 11) is 0. The van der Waals surface area contributed by atoms with Crippen LogP contribution in [0.3, 0.4) is 0 Å². The van der Waals surface area contributed by atoms with E-state index in [1.54, 1.807) is 0 Å². The predicted molar refractivity (Wildman–Crippen MR) is 215 cm³/mol. The third-order valence-electron chi connectivity index (χ3n) is 10.1. The van der Waals surface area contributed by atoms with E-state index >= 15 is 0 Å². The maximum absolute atomic E-state index is 2.44. The van der Waals surface area contributed by atoms with Gasteiger partial charge in [0.25, 0.3) is 0 Å². The zero-order valence-electron chi connectivity index (χ0n) is 28.6. The maximum atomic E-state index is 2.44. The van der Waals surface area contributed by atoms with Crippen molar-refractivity contribution < 1.29 is 0 Å². The fourth-order valence-electron chi connectivity index (χ4n) is 7.73. The molecular formula is C48H38N2. The molecule has 0 unspecified atom stereocenters. The van der Waals surface area contributed by atoms with Gasteiger partial charge in [0.1, 0.15) is 0 Å². The van der Waals surface area contributed by atoms with Gasteiger partial charge >= 0.3 is 0 Å². The zero-order chi connectivity index (χ0) is 33.8. The Morgan fingerprint density at radius 3 is 1.36 bits per heavy atom. The van der Waals surface area contributed by atoms with Crippen molar-refractivity contribution in [1.29, 1.82) is 0 Å². The Labute approximate surface area is 293 Å². The van der Waals surface area contributed by atoms with Gasteiger partial charge in [0.05, 0.1) is 16.7 Å². The molecular weight excluding hydrogens is 605 g/mol. The summed E-state index contributed by atoms with van der Waals surface area (Å²) in [5, 5.41) is 7.46. The molecule has 0 spiro atoms. The zero-order valence-corrected chi connectivity index (χ0v) is 28.6. The van der Waals surface area contributed by atoms with Gasteiger partial charge < -0.3 is 9.47 Å². The van der Waals surface area contributed by atoms with Crippen molar-refractivity contribution in [3.63, 3.8) is 0 Å². The summed E-state index contributed by atoms with van der Waals surface area (Å²) in [6.07, 6.45) is 0. The topological polar surface area (TPSA) is 8.17 Å². The number of anilines is 3. The summed E-state index contributed by atoms with van der Waals surface area (Å²) in [4.78, 5) is 2.44.